The monoisotopic (exact) mass is 342 g/mol. The predicted octanol–water partition coefficient (Wildman–Crippen LogP) is 3.42. The Bertz CT molecular complexity index is 434. The largest absolute Gasteiger partial charge is 0.469 e. The smallest absolute Gasteiger partial charge is 0.103 e. The molecule has 0 aliphatic rings. The van der Waals surface area contributed by atoms with E-state index in [1.807, 2.05) is 12.1 Å². The maximum atomic E-state index is 9.93. The minimum Gasteiger partial charge on any atom is -0.469 e. The summed E-state index contributed by atoms with van der Waals surface area (Å²) in [4.78, 5) is 0. The molecular formula is C14H15IO2. The van der Waals surface area contributed by atoms with Crippen LogP contribution in [0.5, 0.6) is 0 Å². The van der Waals surface area contributed by atoms with Crippen molar-refractivity contribution in [3.05, 3.63) is 57.6 Å². The van der Waals surface area contributed by atoms with E-state index in [0.29, 0.717) is 6.42 Å². The molecule has 0 saturated carbocycles. The summed E-state index contributed by atoms with van der Waals surface area (Å²) in [6.45, 7) is 0. The average Bonchev–Trinajstić information content (AvgIpc) is 2.83. The molecule has 2 aromatic rings. The van der Waals surface area contributed by atoms with Gasteiger partial charge in [0.1, 0.15) is 5.76 Å². The van der Waals surface area contributed by atoms with Crippen LogP contribution in [0.15, 0.2) is 47.1 Å². The molecule has 2 nitrogen and oxygen atoms in total. The van der Waals surface area contributed by atoms with Gasteiger partial charge < -0.3 is 9.52 Å². The first-order valence-electron chi connectivity index (χ1n) is 5.69. The quantitative estimate of drug-likeness (QED) is 0.845. The molecule has 17 heavy (non-hydrogen) atoms. The molecule has 0 fully saturated rings. The van der Waals surface area contributed by atoms with E-state index in [1.165, 1.54) is 9.13 Å². The predicted molar refractivity (Wildman–Crippen MR) is 75.9 cm³/mol. The summed E-state index contributed by atoms with van der Waals surface area (Å²) < 4.78 is 6.46. The maximum absolute atomic E-state index is 9.93. The Morgan fingerprint density at radius 3 is 2.59 bits per heavy atom. The Balaban J connectivity index is 1.80. The molecule has 3 heteroatoms. The molecule has 0 aliphatic carbocycles. The highest BCUT2D eigenvalue weighted by atomic mass is 127. The van der Waals surface area contributed by atoms with Gasteiger partial charge in [-0.1, -0.05) is 12.1 Å². The molecule has 0 spiro atoms. The van der Waals surface area contributed by atoms with Crippen LogP contribution >= 0.6 is 22.6 Å². The number of benzene rings is 1. The van der Waals surface area contributed by atoms with Crippen LogP contribution in [-0.2, 0) is 12.8 Å². The second-order valence-electron chi connectivity index (χ2n) is 4.10. The van der Waals surface area contributed by atoms with Crippen LogP contribution in [0.1, 0.15) is 17.7 Å². The lowest BCUT2D eigenvalue weighted by Gasteiger charge is -2.09. The average molecular weight is 342 g/mol. The summed E-state index contributed by atoms with van der Waals surface area (Å²) in [5.74, 6) is 0.937. The molecule has 0 bridgehead atoms. The van der Waals surface area contributed by atoms with E-state index in [1.54, 1.807) is 6.26 Å². The molecule has 1 atom stereocenters. The zero-order valence-corrected chi connectivity index (χ0v) is 11.6. The lowest BCUT2D eigenvalue weighted by molar-refractivity contribution is 0.163. The van der Waals surface area contributed by atoms with Crippen LogP contribution in [0.25, 0.3) is 0 Å². The van der Waals surface area contributed by atoms with Crippen molar-refractivity contribution in [3.63, 3.8) is 0 Å². The molecule has 1 aromatic heterocycles. The lowest BCUT2D eigenvalue weighted by Crippen LogP contribution is -2.11. The van der Waals surface area contributed by atoms with Crippen molar-refractivity contribution in [1.82, 2.24) is 0 Å². The molecule has 90 valence electrons. The van der Waals surface area contributed by atoms with Gasteiger partial charge in [-0.3, -0.25) is 0 Å². The van der Waals surface area contributed by atoms with Crippen LogP contribution in [0.4, 0.5) is 0 Å². The minimum absolute atomic E-state index is 0.305. The van der Waals surface area contributed by atoms with Crippen LogP contribution in [0.2, 0.25) is 0 Å². The van der Waals surface area contributed by atoms with Crippen molar-refractivity contribution in [1.29, 1.82) is 0 Å². The number of hydrogen-bond acceptors (Lipinski definition) is 2. The van der Waals surface area contributed by atoms with Crippen LogP contribution < -0.4 is 0 Å². The van der Waals surface area contributed by atoms with Crippen molar-refractivity contribution >= 4 is 22.6 Å². The van der Waals surface area contributed by atoms with Gasteiger partial charge in [-0.25, -0.2) is 0 Å². The lowest BCUT2D eigenvalue weighted by atomic mass is 10.0. The zero-order valence-electron chi connectivity index (χ0n) is 9.47. The first kappa shape index (κ1) is 12.6. The second-order valence-corrected chi connectivity index (χ2v) is 5.35. The highest BCUT2D eigenvalue weighted by Crippen LogP contribution is 2.12. The van der Waals surface area contributed by atoms with E-state index in [2.05, 4.69) is 46.9 Å². The van der Waals surface area contributed by atoms with Crippen molar-refractivity contribution in [2.45, 2.75) is 25.4 Å². The zero-order chi connectivity index (χ0) is 12.1. The first-order valence-corrected chi connectivity index (χ1v) is 6.77. The number of aliphatic hydroxyl groups excluding tert-OH is 1. The number of aryl methyl sites for hydroxylation is 1. The van der Waals surface area contributed by atoms with Gasteiger partial charge in [0.05, 0.1) is 12.4 Å². The molecule has 0 radical (unpaired) electrons. The number of aliphatic hydroxyl groups is 1. The van der Waals surface area contributed by atoms with Gasteiger partial charge in [-0.05, 0) is 65.3 Å². The van der Waals surface area contributed by atoms with Gasteiger partial charge in [0, 0.05) is 9.99 Å². The molecule has 0 saturated heterocycles. The fourth-order valence-corrected chi connectivity index (χ4v) is 2.12. The van der Waals surface area contributed by atoms with E-state index in [-0.39, 0.29) is 6.10 Å². The molecule has 1 N–H and O–H groups in total. The molecule has 0 aliphatic heterocycles. The van der Waals surface area contributed by atoms with Crippen LogP contribution in [-0.4, -0.2) is 11.2 Å². The molecule has 1 aromatic carbocycles. The second kappa shape index (κ2) is 6.21. The van der Waals surface area contributed by atoms with Crippen LogP contribution in [0.3, 0.4) is 0 Å². The Morgan fingerprint density at radius 2 is 1.94 bits per heavy atom. The Hall–Kier alpha value is -0.810. The van der Waals surface area contributed by atoms with Crippen molar-refractivity contribution in [3.8, 4) is 0 Å². The molecule has 1 heterocycles. The Morgan fingerprint density at radius 1 is 1.18 bits per heavy atom. The third-order valence-corrected chi connectivity index (χ3v) is 3.41. The van der Waals surface area contributed by atoms with Gasteiger partial charge in [-0.2, -0.15) is 0 Å². The number of furan rings is 1. The van der Waals surface area contributed by atoms with Crippen molar-refractivity contribution in [2.24, 2.45) is 0 Å². The van der Waals surface area contributed by atoms with Crippen molar-refractivity contribution < 1.29 is 9.52 Å². The fraction of sp³-hybridized carbons (Fsp3) is 0.286. The summed E-state index contributed by atoms with van der Waals surface area (Å²) in [5, 5.41) is 9.93. The van der Waals surface area contributed by atoms with Gasteiger partial charge in [0.15, 0.2) is 0 Å². The number of hydrogen-bond donors (Lipinski definition) is 1. The SMILES string of the molecule is OC(CCc1ccco1)Cc1ccc(I)cc1. The highest BCUT2D eigenvalue weighted by molar-refractivity contribution is 14.1. The highest BCUT2D eigenvalue weighted by Gasteiger charge is 2.07. The summed E-state index contributed by atoms with van der Waals surface area (Å²) in [6.07, 6.45) is 3.59. The maximum Gasteiger partial charge on any atom is 0.103 e. The normalized spacial score (nSPS) is 12.6. The standard InChI is InChI=1S/C14H15IO2/c15-12-5-3-11(4-6-12)10-13(16)7-8-14-2-1-9-17-14/h1-6,9,13,16H,7-8,10H2. The third kappa shape index (κ3) is 4.16. The number of halogens is 1. The van der Waals surface area contributed by atoms with Crippen LogP contribution in [0, 0.1) is 3.57 Å². The first-order chi connectivity index (χ1) is 8.24. The Kier molecular flexibility index (Phi) is 4.62. The summed E-state index contributed by atoms with van der Waals surface area (Å²) >= 11 is 2.28. The minimum atomic E-state index is -0.305. The molecule has 2 rings (SSSR count). The summed E-state index contributed by atoms with van der Waals surface area (Å²) in [5.41, 5.74) is 1.18. The summed E-state index contributed by atoms with van der Waals surface area (Å²) in [7, 11) is 0. The Labute approximate surface area is 115 Å². The topological polar surface area (TPSA) is 33.4 Å². The number of rotatable bonds is 5. The van der Waals surface area contributed by atoms with E-state index in [4.69, 9.17) is 4.42 Å². The molecule has 0 amide bonds. The molecular weight excluding hydrogens is 327 g/mol. The van der Waals surface area contributed by atoms with Gasteiger partial charge >= 0.3 is 0 Å². The fourth-order valence-electron chi connectivity index (χ4n) is 1.76. The van der Waals surface area contributed by atoms with E-state index < -0.39 is 0 Å². The van der Waals surface area contributed by atoms with Crippen molar-refractivity contribution in [2.75, 3.05) is 0 Å². The summed E-state index contributed by atoms with van der Waals surface area (Å²) in [6, 6.07) is 12.1. The molecule has 1 unspecified atom stereocenters. The van der Waals surface area contributed by atoms with Gasteiger partial charge in [0.25, 0.3) is 0 Å². The van der Waals surface area contributed by atoms with E-state index >= 15 is 0 Å². The van der Waals surface area contributed by atoms with E-state index in [9.17, 15) is 5.11 Å². The van der Waals surface area contributed by atoms with Gasteiger partial charge in [0.2, 0.25) is 0 Å². The third-order valence-electron chi connectivity index (χ3n) is 2.69. The van der Waals surface area contributed by atoms with E-state index in [0.717, 1.165) is 18.6 Å². The van der Waals surface area contributed by atoms with Gasteiger partial charge in [-0.15, -0.1) is 0 Å².